The zero-order chi connectivity index (χ0) is 22.2. The predicted octanol–water partition coefficient (Wildman–Crippen LogP) is 4.35. The molecule has 0 spiro atoms. The first-order chi connectivity index (χ1) is 14.9. The summed E-state index contributed by atoms with van der Waals surface area (Å²) in [5, 5.41) is 13.6. The van der Waals surface area contributed by atoms with Crippen molar-refractivity contribution in [2.24, 2.45) is 5.10 Å². The minimum Gasteiger partial charge on any atom is -0.493 e. The van der Waals surface area contributed by atoms with E-state index in [2.05, 4.69) is 15.3 Å². The molecular formula is C20H17F3N4O3S. The Labute approximate surface area is 179 Å². The summed E-state index contributed by atoms with van der Waals surface area (Å²) in [5.41, 5.74) is 1.13. The lowest BCUT2D eigenvalue weighted by atomic mass is 10.1. The van der Waals surface area contributed by atoms with Gasteiger partial charge in [-0.25, -0.2) is 0 Å². The molecule has 7 nitrogen and oxygen atoms in total. The molecule has 0 N–H and O–H groups in total. The van der Waals surface area contributed by atoms with E-state index in [4.69, 9.17) is 14.2 Å². The Hall–Kier alpha value is -3.21. The van der Waals surface area contributed by atoms with Gasteiger partial charge in [0.2, 0.25) is 10.9 Å². The van der Waals surface area contributed by atoms with E-state index in [-0.39, 0.29) is 0 Å². The number of hydrogen-bond acceptors (Lipinski definition) is 7. The molecule has 0 fully saturated rings. The van der Waals surface area contributed by atoms with E-state index in [0.717, 1.165) is 12.1 Å². The highest BCUT2D eigenvalue weighted by molar-refractivity contribution is 7.99. The highest BCUT2D eigenvalue weighted by Gasteiger charge is 2.30. The molecular weight excluding hydrogens is 433 g/mol. The molecule has 31 heavy (non-hydrogen) atoms. The van der Waals surface area contributed by atoms with E-state index in [0.29, 0.717) is 50.8 Å². The molecule has 4 rings (SSSR count). The van der Waals surface area contributed by atoms with Crippen molar-refractivity contribution in [3.05, 3.63) is 47.5 Å². The fraction of sp³-hybridized carbons (Fsp3) is 0.250. The van der Waals surface area contributed by atoms with Crippen molar-refractivity contribution in [1.29, 1.82) is 0 Å². The fourth-order valence-corrected chi connectivity index (χ4v) is 3.95. The lowest BCUT2D eigenvalue weighted by Gasteiger charge is -2.16. The van der Waals surface area contributed by atoms with Gasteiger partial charge in [-0.1, -0.05) is 23.9 Å². The summed E-state index contributed by atoms with van der Waals surface area (Å²) in [6, 6.07) is 8.37. The predicted molar refractivity (Wildman–Crippen MR) is 109 cm³/mol. The van der Waals surface area contributed by atoms with E-state index in [1.807, 2.05) is 0 Å². The standard InChI is InChI=1S/C20H17F3N4O3S/c1-28-15-8-12(9-16(29-2)17(15)30-3)18-24-25-19-27(18)26-14(10-31-19)11-4-6-13(7-5-11)20(21,22)23/h4-9H,10H2,1-3H3. The van der Waals surface area contributed by atoms with Gasteiger partial charge in [-0.3, -0.25) is 0 Å². The molecule has 1 aromatic heterocycles. The Balaban J connectivity index is 1.76. The lowest BCUT2D eigenvalue weighted by molar-refractivity contribution is -0.137. The molecule has 0 bridgehead atoms. The fourth-order valence-electron chi connectivity index (χ4n) is 3.11. The average molecular weight is 450 g/mol. The van der Waals surface area contributed by atoms with Crippen LogP contribution in [0.15, 0.2) is 46.7 Å². The van der Waals surface area contributed by atoms with Gasteiger partial charge in [-0.2, -0.15) is 22.9 Å². The first-order valence-electron chi connectivity index (χ1n) is 8.99. The highest BCUT2D eigenvalue weighted by Crippen LogP contribution is 2.41. The van der Waals surface area contributed by atoms with Crippen molar-refractivity contribution in [3.63, 3.8) is 0 Å². The number of thioether (sulfide) groups is 1. The highest BCUT2D eigenvalue weighted by atomic mass is 32.2. The summed E-state index contributed by atoms with van der Waals surface area (Å²) in [7, 11) is 4.53. The molecule has 0 saturated carbocycles. The molecule has 0 unspecified atom stereocenters. The average Bonchev–Trinajstić information content (AvgIpc) is 3.20. The molecule has 0 amide bonds. The topological polar surface area (TPSA) is 70.8 Å². The molecule has 1 aliphatic heterocycles. The Morgan fingerprint density at radius 1 is 0.903 bits per heavy atom. The van der Waals surface area contributed by atoms with Gasteiger partial charge in [0.25, 0.3) is 0 Å². The Kier molecular flexibility index (Phi) is 5.52. The summed E-state index contributed by atoms with van der Waals surface area (Å²) >= 11 is 1.39. The van der Waals surface area contributed by atoms with E-state index in [1.165, 1.54) is 45.2 Å². The van der Waals surface area contributed by atoms with Crippen LogP contribution < -0.4 is 14.2 Å². The molecule has 2 aromatic carbocycles. The molecule has 0 atom stereocenters. The van der Waals surface area contributed by atoms with Crippen LogP contribution in [0.2, 0.25) is 0 Å². The largest absolute Gasteiger partial charge is 0.493 e. The quantitative estimate of drug-likeness (QED) is 0.576. The zero-order valence-corrected chi connectivity index (χ0v) is 17.5. The zero-order valence-electron chi connectivity index (χ0n) is 16.7. The first-order valence-corrected chi connectivity index (χ1v) is 9.98. The van der Waals surface area contributed by atoms with Crippen LogP contribution in [0, 0.1) is 0 Å². The van der Waals surface area contributed by atoms with E-state index in [1.54, 1.807) is 16.8 Å². The van der Waals surface area contributed by atoms with Gasteiger partial charge in [0, 0.05) is 11.3 Å². The second kappa shape index (κ2) is 8.14. The maximum atomic E-state index is 12.9. The molecule has 0 saturated heterocycles. The van der Waals surface area contributed by atoms with Gasteiger partial charge in [-0.15, -0.1) is 10.2 Å². The van der Waals surface area contributed by atoms with E-state index < -0.39 is 11.7 Å². The number of alkyl halides is 3. The number of nitrogens with zero attached hydrogens (tertiary/aromatic N) is 4. The van der Waals surface area contributed by atoms with Crippen LogP contribution >= 0.6 is 11.8 Å². The van der Waals surface area contributed by atoms with Crippen molar-refractivity contribution < 1.29 is 27.4 Å². The summed E-state index contributed by atoms with van der Waals surface area (Å²) in [4.78, 5) is 0. The normalized spacial score (nSPS) is 13.4. The minimum absolute atomic E-state index is 0.436. The van der Waals surface area contributed by atoms with Gasteiger partial charge in [-0.05, 0) is 29.8 Å². The van der Waals surface area contributed by atoms with Crippen LogP contribution in [0.3, 0.4) is 0 Å². The van der Waals surface area contributed by atoms with Gasteiger partial charge in [0.05, 0.1) is 32.6 Å². The molecule has 0 radical (unpaired) electrons. The van der Waals surface area contributed by atoms with E-state index in [9.17, 15) is 13.2 Å². The third kappa shape index (κ3) is 3.92. The summed E-state index contributed by atoms with van der Waals surface area (Å²) < 4.78 is 56.2. The monoisotopic (exact) mass is 450 g/mol. The van der Waals surface area contributed by atoms with Crippen molar-refractivity contribution in [1.82, 2.24) is 14.9 Å². The number of aromatic nitrogens is 3. The number of ether oxygens (including phenoxy) is 3. The van der Waals surface area contributed by atoms with Crippen LogP contribution in [-0.4, -0.2) is 47.7 Å². The van der Waals surface area contributed by atoms with Crippen LogP contribution in [0.25, 0.3) is 11.4 Å². The summed E-state index contributed by atoms with van der Waals surface area (Å²) in [5.74, 6) is 2.23. The number of benzene rings is 2. The minimum atomic E-state index is -4.39. The molecule has 0 aliphatic carbocycles. The number of methoxy groups -OCH3 is 3. The van der Waals surface area contributed by atoms with Crippen molar-refractivity contribution in [3.8, 4) is 28.6 Å². The smallest absolute Gasteiger partial charge is 0.416 e. The second-order valence-electron chi connectivity index (χ2n) is 6.44. The van der Waals surface area contributed by atoms with Gasteiger partial charge in [0.1, 0.15) is 0 Å². The van der Waals surface area contributed by atoms with Crippen molar-refractivity contribution in [2.75, 3.05) is 27.1 Å². The van der Waals surface area contributed by atoms with Gasteiger partial charge in [0.15, 0.2) is 17.3 Å². The van der Waals surface area contributed by atoms with Crippen molar-refractivity contribution >= 4 is 17.5 Å². The third-order valence-corrected chi connectivity index (χ3v) is 5.57. The molecule has 3 aromatic rings. The number of hydrogen-bond donors (Lipinski definition) is 0. The molecule has 11 heteroatoms. The molecule has 2 heterocycles. The van der Waals surface area contributed by atoms with Crippen LogP contribution in [-0.2, 0) is 6.18 Å². The summed E-state index contributed by atoms with van der Waals surface area (Å²) in [6.45, 7) is 0. The maximum absolute atomic E-state index is 12.9. The maximum Gasteiger partial charge on any atom is 0.416 e. The Morgan fingerprint density at radius 3 is 2.10 bits per heavy atom. The van der Waals surface area contributed by atoms with Crippen LogP contribution in [0.5, 0.6) is 17.2 Å². The number of rotatable bonds is 5. The van der Waals surface area contributed by atoms with Crippen LogP contribution in [0.1, 0.15) is 11.1 Å². The van der Waals surface area contributed by atoms with Crippen LogP contribution in [0.4, 0.5) is 13.2 Å². The lowest BCUT2D eigenvalue weighted by Crippen LogP contribution is -2.14. The first kappa shape index (κ1) is 21.0. The van der Waals surface area contributed by atoms with Crippen molar-refractivity contribution in [2.45, 2.75) is 11.3 Å². The SMILES string of the molecule is COc1cc(-c2nnc3n2N=C(c2ccc(C(F)(F)F)cc2)CS3)cc(OC)c1OC. The Morgan fingerprint density at radius 2 is 1.55 bits per heavy atom. The summed E-state index contributed by atoms with van der Waals surface area (Å²) in [6.07, 6.45) is -4.39. The Bertz CT molecular complexity index is 1120. The second-order valence-corrected chi connectivity index (χ2v) is 7.38. The van der Waals surface area contributed by atoms with E-state index >= 15 is 0 Å². The third-order valence-electron chi connectivity index (χ3n) is 4.64. The number of fused-ring (bicyclic) bond motifs is 1. The number of halogens is 3. The molecule has 162 valence electrons. The molecule has 1 aliphatic rings. The van der Waals surface area contributed by atoms with Gasteiger partial charge >= 0.3 is 6.18 Å². The van der Waals surface area contributed by atoms with Gasteiger partial charge < -0.3 is 14.2 Å².